The van der Waals surface area contributed by atoms with E-state index in [0.717, 1.165) is 25.7 Å². The van der Waals surface area contributed by atoms with Gasteiger partial charge in [-0.15, -0.1) is 0 Å². The van der Waals surface area contributed by atoms with E-state index >= 15 is 0 Å². The molecule has 1 aromatic rings. The second kappa shape index (κ2) is 8.75. The average Bonchev–Trinajstić information content (AvgIpc) is 2.47. The molecule has 0 aliphatic rings. The average molecular weight is 277 g/mol. The van der Waals surface area contributed by atoms with Crippen molar-refractivity contribution in [3.8, 4) is 0 Å². The SMILES string of the molecule is CCCCCC(C)(NCc1ccccc1)C(=O)OCC. The van der Waals surface area contributed by atoms with Crippen molar-refractivity contribution in [1.29, 1.82) is 0 Å². The van der Waals surface area contributed by atoms with Crippen LogP contribution in [0.1, 0.15) is 52.0 Å². The Morgan fingerprint density at radius 3 is 2.50 bits per heavy atom. The minimum Gasteiger partial charge on any atom is -0.465 e. The first-order chi connectivity index (χ1) is 9.62. The molecular formula is C17H27NO2. The molecule has 0 aliphatic heterocycles. The molecule has 0 saturated carbocycles. The van der Waals surface area contributed by atoms with E-state index in [-0.39, 0.29) is 5.97 Å². The summed E-state index contributed by atoms with van der Waals surface area (Å²) in [7, 11) is 0. The number of hydrogen-bond donors (Lipinski definition) is 1. The Balaban J connectivity index is 2.63. The number of carbonyl (C=O) groups is 1. The molecule has 3 heteroatoms. The maximum absolute atomic E-state index is 12.2. The van der Waals surface area contributed by atoms with Crippen LogP contribution < -0.4 is 5.32 Å². The molecule has 1 N–H and O–H groups in total. The van der Waals surface area contributed by atoms with Crippen LogP contribution in [0.2, 0.25) is 0 Å². The van der Waals surface area contributed by atoms with Gasteiger partial charge < -0.3 is 4.74 Å². The topological polar surface area (TPSA) is 38.3 Å². The maximum atomic E-state index is 12.2. The zero-order valence-electron chi connectivity index (χ0n) is 12.9. The highest BCUT2D eigenvalue weighted by Gasteiger charge is 2.33. The predicted molar refractivity (Wildman–Crippen MR) is 82.5 cm³/mol. The zero-order valence-corrected chi connectivity index (χ0v) is 12.9. The molecule has 0 amide bonds. The van der Waals surface area contributed by atoms with Crippen LogP contribution in [0.4, 0.5) is 0 Å². The summed E-state index contributed by atoms with van der Waals surface area (Å²) in [5.74, 6) is -0.146. The minimum atomic E-state index is -0.596. The second-order valence-electron chi connectivity index (χ2n) is 5.35. The number of nitrogens with one attached hydrogen (secondary N) is 1. The van der Waals surface area contributed by atoms with Crippen LogP contribution >= 0.6 is 0 Å². The van der Waals surface area contributed by atoms with Gasteiger partial charge in [0.1, 0.15) is 5.54 Å². The number of esters is 1. The summed E-state index contributed by atoms with van der Waals surface area (Å²) in [5, 5.41) is 3.38. The van der Waals surface area contributed by atoms with E-state index in [2.05, 4.69) is 24.4 Å². The number of benzene rings is 1. The van der Waals surface area contributed by atoms with Crippen LogP contribution in [0.15, 0.2) is 30.3 Å². The van der Waals surface area contributed by atoms with Gasteiger partial charge in [-0.3, -0.25) is 10.1 Å². The molecule has 0 saturated heterocycles. The van der Waals surface area contributed by atoms with E-state index in [4.69, 9.17) is 4.74 Å². The smallest absolute Gasteiger partial charge is 0.326 e. The van der Waals surface area contributed by atoms with Crippen LogP contribution in [0.5, 0.6) is 0 Å². The second-order valence-corrected chi connectivity index (χ2v) is 5.35. The van der Waals surface area contributed by atoms with Gasteiger partial charge in [0.25, 0.3) is 0 Å². The van der Waals surface area contributed by atoms with Crippen molar-refractivity contribution in [2.45, 2.75) is 58.5 Å². The molecule has 0 aliphatic carbocycles. The van der Waals surface area contributed by atoms with Gasteiger partial charge in [-0.25, -0.2) is 0 Å². The molecule has 0 aromatic heterocycles. The van der Waals surface area contributed by atoms with Crippen molar-refractivity contribution in [1.82, 2.24) is 5.32 Å². The van der Waals surface area contributed by atoms with E-state index in [9.17, 15) is 4.79 Å². The third-order valence-corrected chi connectivity index (χ3v) is 3.53. The highest BCUT2D eigenvalue weighted by molar-refractivity contribution is 5.80. The van der Waals surface area contributed by atoms with Crippen molar-refractivity contribution in [3.63, 3.8) is 0 Å². The van der Waals surface area contributed by atoms with Crippen molar-refractivity contribution in [2.24, 2.45) is 0 Å². The Morgan fingerprint density at radius 1 is 1.20 bits per heavy atom. The van der Waals surface area contributed by atoms with Crippen molar-refractivity contribution < 1.29 is 9.53 Å². The van der Waals surface area contributed by atoms with E-state index in [1.54, 1.807) is 0 Å². The third kappa shape index (κ3) is 5.33. The fraction of sp³-hybridized carbons (Fsp3) is 0.588. The molecule has 112 valence electrons. The number of carbonyl (C=O) groups excluding carboxylic acids is 1. The van der Waals surface area contributed by atoms with Gasteiger partial charge >= 0.3 is 5.97 Å². The van der Waals surface area contributed by atoms with Crippen LogP contribution in [0, 0.1) is 0 Å². The van der Waals surface area contributed by atoms with Crippen molar-refractivity contribution in [3.05, 3.63) is 35.9 Å². The zero-order chi connectivity index (χ0) is 14.8. The molecule has 0 spiro atoms. The van der Waals surface area contributed by atoms with E-state index < -0.39 is 5.54 Å². The first-order valence-corrected chi connectivity index (χ1v) is 7.58. The number of hydrogen-bond acceptors (Lipinski definition) is 3. The molecule has 3 nitrogen and oxygen atoms in total. The largest absolute Gasteiger partial charge is 0.465 e. The van der Waals surface area contributed by atoms with Crippen LogP contribution in [0.3, 0.4) is 0 Å². The summed E-state index contributed by atoms with van der Waals surface area (Å²) in [6, 6.07) is 10.1. The Kier molecular flexibility index (Phi) is 7.31. The fourth-order valence-electron chi connectivity index (χ4n) is 2.17. The normalized spacial score (nSPS) is 13.8. The van der Waals surface area contributed by atoms with Gasteiger partial charge in [0.15, 0.2) is 0 Å². The lowest BCUT2D eigenvalue weighted by molar-refractivity contribution is -0.151. The van der Waals surface area contributed by atoms with Crippen LogP contribution in [0.25, 0.3) is 0 Å². The Morgan fingerprint density at radius 2 is 1.90 bits per heavy atom. The highest BCUT2D eigenvalue weighted by Crippen LogP contribution is 2.18. The number of rotatable bonds is 9. The lowest BCUT2D eigenvalue weighted by Gasteiger charge is -2.28. The van der Waals surface area contributed by atoms with Gasteiger partial charge in [0.05, 0.1) is 6.61 Å². The van der Waals surface area contributed by atoms with E-state index in [1.165, 1.54) is 5.56 Å². The quantitative estimate of drug-likeness (QED) is 0.553. The summed E-state index contributed by atoms with van der Waals surface area (Å²) >= 11 is 0. The molecule has 1 unspecified atom stereocenters. The first-order valence-electron chi connectivity index (χ1n) is 7.58. The Bertz CT molecular complexity index is 391. The molecule has 0 bridgehead atoms. The lowest BCUT2D eigenvalue weighted by Crippen LogP contribution is -2.50. The monoisotopic (exact) mass is 277 g/mol. The summed E-state index contributed by atoms with van der Waals surface area (Å²) in [4.78, 5) is 12.2. The summed E-state index contributed by atoms with van der Waals surface area (Å²) < 4.78 is 5.22. The van der Waals surface area contributed by atoms with Crippen molar-refractivity contribution in [2.75, 3.05) is 6.61 Å². The van der Waals surface area contributed by atoms with Gasteiger partial charge in [-0.05, 0) is 25.8 Å². The molecule has 0 radical (unpaired) electrons. The summed E-state index contributed by atoms with van der Waals surface area (Å²) in [5.41, 5.74) is 0.583. The summed E-state index contributed by atoms with van der Waals surface area (Å²) in [6.45, 7) is 7.07. The molecule has 0 heterocycles. The molecule has 0 fully saturated rings. The van der Waals surface area contributed by atoms with E-state index in [1.807, 2.05) is 32.0 Å². The highest BCUT2D eigenvalue weighted by atomic mass is 16.5. The third-order valence-electron chi connectivity index (χ3n) is 3.53. The number of unbranched alkanes of at least 4 members (excludes halogenated alkanes) is 2. The van der Waals surface area contributed by atoms with Crippen molar-refractivity contribution >= 4 is 5.97 Å². The molecule has 20 heavy (non-hydrogen) atoms. The first kappa shape index (κ1) is 16.7. The predicted octanol–water partition coefficient (Wildman–Crippen LogP) is 3.68. The molecule has 1 aromatic carbocycles. The molecule has 1 atom stereocenters. The molecular weight excluding hydrogens is 250 g/mol. The van der Waals surface area contributed by atoms with E-state index in [0.29, 0.717) is 13.2 Å². The minimum absolute atomic E-state index is 0.146. The molecule has 1 rings (SSSR count). The number of ether oxygens (including phenoxy) is 1. The fourth-order valence-corrected chi connectivity index (χ4v) is 2.17. The van der Waals surface area contributed by atoms with Gasteiger partial charge in [0.2, 0.25) is 0 Å². The Hall–Kier alpha value is -1.35. The van der Waals surface area contributed by atoms with Gasteiger partial charge in [-0.2, -0.15) is 0 Å². The van der Waals surface area contributed by atoms with Crippen LogP contribution in [-0.4, -0.2) is 18.1 Å². The van der Waals surface area contributed by atoms with Gasteiger partial charge in [-0.1, -0.05) is 56.5 Å². The summed E-state index contributed by atoms with van der Waals surface area (Å²) in [6.07, 6.45) is 4.14. The van der Waals surface area contributed by atoms with Gasteiger partial charge in [0, 0.05) is 6.54 Å². The Labute approximate surface area is 122 Å². The van der Waals surface area contributed by atoms with Crippen LogP contribution in [-0.2, 0) is 16.1 Å². The lowest BCUT2D eigenvalue weighted by atomic mass is 9.94. The standard InChI is InChI=1S/C17H27NO2/c1-4-6-10-13-17(3,16(19)20-5-2)18-14-15-11-8-7-9-12-15/h7-9,11-12,18H,4-6,10,13-14H2,1-3H3. The maximum Gasteiger partial charge on any atom is 0.326 e.